The van der Waals surface area contributed by atoms with Crippen LogP contribution in [0.2, 0.25) is 0 Å². The van der Waals surface area contributed by atoms with Gasteiger partial charge in [0.15, 0.2) is 0 Å². The maximum atomic E-state index is 13.4. The third kappa shape index (κ3) is 6.36. The van der Waals surface area contributed by atoms with Crippen LogP contribution in [0.5, 0.6) is 5.75 Å². The molecule has 3 rings (SSSR count). The monoisotopic (exact) mass is 495 g/mol. The average Bonchev–Trinajstić information content (AvgIpc) is 2.82. The van der Waals surface area contributed by atoms with E-state index in [9.17, 15) is 14.0 Å². The Morgan fingerprint density at radius 3 is 2.34 bits per heavy atom. The maximum Gasteiger partial charge on any atom is 0.287 e. The fraction of sp³-hybridized carbons (Fsp3) is 0.0417. The first-order valence-corrected chi connectivity index (χ1v) is 10.3. The Morgan fingerprint density at radius 1 is 1.00 bits per heavy atom. The molecule has 32 heavy (non-hydrogen) atoms. The van der Waals surface area contributed by atoms with Crippen LogP contribution in [0.1, 0.15) is 21.5 Å². The van der Waals surface area contributed by atoms with E-state index in [0.29, 0.717) is 22.4 Å². The molecule has 0 fully saturated rings. The molecule has 0 aliphatic rings. The van der Waals surface area contributed by atoms with E-state index in [1.165, 1.54) is 30.5 Å². The lowest BCUT2D eigenvalue weighted by Gasteiger charge is -2.09. The Labute approximate surface area is 192 Å². The molecule has 2 amide bonds. The normalized spacial score (nSPS) is 11.3. The molecule has 3 aromatic rings. The van der Waals surface area contributed by atoms with E-state index in [1.54, 1.807) is 61.7 Å². The van der Waals surface area contributed by atoms with E-state index in [2.05, 4.69) is 31.8 Å². The summed E-state index contributed by atoms with van der Waals surface area (Å²) in [6, 6.07) is 19.8. The maximum absolute atomic E-state index is 13.4. The number of hydrogen-bond acceptors (Lipinski definition) is 4. The standard InChI is InChI=1S/C24H19BrFN3O3/c1-32-19-10-7-16(8-11-19)14-22(28-23(30)18-5-3-2-4-6-18)24(31)29-27-15-17-9-12-21(26)20(25)13-17/h2-15H,1H3,(H,28,30)(H,29,31)/b22-14+,27-15-. The second kappa shape index (κ2) is 11.0. The van der Waals surface area contributed by atoms with Crippen LogP contribution in [0.15, 0.2) is 88.1 Å². The van der Waals surface area contributed by atoms with Crippen molar-refractivity contribution in [3.05, 3.63) is 105 Å². The highest BCUT2D eigenvalue weighted by atomic mass is 79.9. The van der Waals surface area contributed by atoms with E-state index in [4.69, 9.17) is 4.74 Å². The minimum absolute atomic E-state index is 0.00135. The van der Waals surface area contributed by atoms with Gasteiger partial charge in [-0.2, -0.15) is 5.10 Å². The van der Waals surface area contributed by atoms with Gasteiger partial charge in [-0.25, -0.2) is 9.82 Å². The second-order valence-corrected chi connectivity index (χ2v) is 7.38. The number of nitrogens with zero attached hydrogens (tertiary/aromatic N) is 1. The largest absolute Gasteiger partial charge is 0.497 e. The van der Waals surface area contributed by atoms with Crippen molar-refractivity contribution >= 4 is 40.0 Å². The number of hydrazone groups is 1. The van der Waals surface area contributed by atoms with Crippen molar-refractivity contribution in [2.75, 3.05) is 7.11 Å². The molecule has 0 bridgehead atoms. The molecule has 3 aromatic carbocycles. The van der Waals surface area contributed by atoms with Crippen molar-refractivity contribution < 1.29 is 18.7 Å². The molecule has 6 nitrogen and oxygen atoms in total. The minimum Gasteiger partial charge on any atom is -0.497 e. The number of carbonyl (C=O) groups excluding carboxylic acids is 2. The molecule has 0 aromatic heterocycles. The zero-order valence-corrected chi connectivity index (χ0v) is 18.6. The third-order valence-electron chi connectivity index (χ3n) is 4.28. The predicted octanol–water partition coefficient (Wildman–Crippen LogP) is 4.52. The van der Waals surface area contributed by atoms with E-state index >= 15 is 0 Å². The molecule has 0 saturated carbocycles. The summed E-state index contributed by atoms with van der Waals surface area (Å²) in [7, 11) is 1.56. The van der Waals surface area contributed by atoms with Crippen molar-refractivity contribution in [3.8, 4) is 5.75 Å². The predicted molar refractivity (Wildman–Crippen MR) is 125 cm³/mol. The van der Waals surface area contributed by atoms with Crippen molar-refractivity contribution in [2.24, 2.45) is 5.10 Å². The number of rotatable bonds is 7. The van der Waals surface area contributed by atoms with Gasteiger partial charge in [-0.15, -0.1) is 0 Å². The highest BCUT2D eigenvalue weighted by molar-refractivity contribution is 9.10. The molecule has 0 radical (unpaired) electrons. The van der Waals surface area contributed by atoms with Crippen LogP contribution in [-0.2, 0) is 4.79 Å². The summed E-state index contributed by atoms with van der Waals surface area (Å²) in [5, 5.41) is 6.53. The van der Waals surface area contributed by atoms with Gasteiger partial charge in [-0.1, -0.05) is 36.4 Å². The molecule has 0 unspecified atom stereocenters. The molecular weight excluding hydrogens is 477 g/mol. The molecule has 0 heterocycles. The summed E-state index contributed by atoms with van der Waals surface area (Å²) >= 11 is 3.10. The number of benzene rings is 3. The van der Waals surface area contributed by atoms with Gasteiger partial charge in [-0.3, -0.25) is 9.59 Å². The summed E-state index contributed by atoms with van der Waals surface area (Å²) in [6.45, 7) is 0. The highest BCUT2D eigenvalue weighted by Crippen LogP contribution is 2.16. The van der Waals surface area contributed by atoms with Gasteiger partial charge in [0.2, 0.25) is 0 Å². The Balaban J connectivity index is 1.80. The molecule has 0 atom stereocenters. The van der Waals surface area contributed by atoms with Crippen LogP contribution in [0.3, 0.4) is 0 Å². The van der Waals surface area contributed by atoms with Gasteiger partial charge in [0, 0.05) is 5.56 Å². The van der Waals surface area contributed by atoms with Crippen molar-refractivity contribution in [1.82, 2.24) is 10.7 Å². The number of methoxy groups -OCH3 is 1. The van der Waals surface area contributed by atoms with E-state index < -0.39 is 17.6 Å². The number of halogens is 2. The first kappa shape index (κ1) is 22.9. The van der Waals surface area contributed by atoms with Crippen LogP contribution in [0.4, 0.5) is 4.39 Å². The molecule has 2 N–H and O–H groups in total. The average molecular weight is 496 g/mol. The zero-order chi connectivity index (χ0) is 22.9. The Kier molecular flexibility index (Phi) is 7.88. The molecule has 8 heteroatoms. The first-order chi connectivity index (χ1) is 15.5. The highest BCUT2D eigenvalue weighted by Gasteiger charge is 2.14. The third-order valence-corrected chi connectivity index (χ3v) is 4.89. The van der Waals surface area contributed by atoms with Crippen LogP contribution in [0.25, 0.3) is 6.08 Å². The summed E-state index contributed by atoms with van der Waals surface area (Å²) < 4.78 is 18.8. The van der Waals surface area contributed by atoms with Gasteiger partial charge in [0.05, 0.1) is 17.8 Å². The van der Waals surface area contributed by atoms with Crippen LogP contribution in [-0.4, -0.2) is 25.1 Å². The molecule has 0 spiro atoms. The number of hydrogen-bond donors (Lipinski definition) is 2. The number of nitrogens with one attached hydrogen (secondary N) is 2. The molecule has 0 aliphatic carbocycles. The van der Waals surface area contributed by atoms with Crippen molar-refractivity contribution in [1.29, 1.82) is 0 Å². The quantitative estimate of drug-likeness (QED) is 0.287. The molecule has 0 saturated heterocycles. The van der Waals surface area contributed by atoms with Gasteiger partial charge < -0.3 is 10.1 Å². The Hall–Kier alpha value is -3.78. The van der Waals surface area contributed by atoms with Gasteiger partial charge >= 0.3 is 0 Å². The van der Waals surface area contributed by atoms with E-state index in [-0.39, 0.29) is 10.2 Å². The zero-order valence-electron chi connectivity index (χ0n) is 17.0. The topological polar surface area (TPSA) is 79.8 Å². The van der Waals surface area contributed by atoms with E-state index in [0.717, 1.165) is 0 Å². The lowest BCUT2D eigenvalue weighted by molar-refractivity contribution is -0.117. The minimum atomic E-state index is -0.623. The smallest absolute Gasteiger partial charge is 0.287 e. The van der Waals surface area contributed by atoms with Crippen molar-refractivity contribution in [3.63, 3.8) is 0 Å². The van der Waals surface area contributed by atoms with Crippen molar-refractivity contribution in [2.45, 2.75) is 0 Å². The fourth-order valence-electron chi connectivity index (χ4n) is 2.63. The summed E-state index contributed by atoms with van der Waals surface area (Å²) in [4.78, 5) is 25.3. The second-order valence-electron chi connectivity index (χ2n) is 6.52. The molecule has 0 aliphatic heterocycles. The lowest BCUT2D eigenvalue weighted by atomic mass is 10.1. The molecular formula is C24H19BrFN3O3. The summed E-state index contributed by atoms with van der Waals surface area (Å²) in [5.41, 5.74) is 4.04. The number of amides is 2. The van der Waals surface area contributed by atoms with Gasteiger partial charge in [0.1, 0.15) is 17.3 Å². The SMILES string of the molecule is COc1ccc(/C=C(/NC(=O)c2ccccc2)C(=O)N/N=C\c2ccc(F)c(Br)c2)cc1. The Bertz CT molecular complexity index is 1160. The van der Waals surface area contributed by atoms with Crippen LogP contribution < -0.4 is 15.5 Å². The van der Waals surface area contributed by atoms with Gasteiger partial charge in [-0.05, 0) is 69.5 Å². The Morgan fingerprint density at radius 2 is 1.69 bits per heavy atom. The fourth-order valence-corrected chi connectivity index (χ4v) is 3.02. The lowest BCUT2D eigenvalue weighted by Crippen LogP contribution is -2.32. The van der Waals surface area contributed by atoms with E-state index in [1.807, 2.05) is 0 Å². The summed E-state index contributed by atoms with van der Waals surface area (Å²) in [5.74, 6) is -0.800. The van der Waals surface area contributed by atoms with Crippen LogP contribution >= 0.6 is 15.9 Å². The number of ether oxygens (including phenoxy) is 1. The first-order valence-electron chi connectivity index (χ1n) is 9.47. The van der Waals surface area contributed by atoms with Crippen LogP contribution in [0, 0.1) is 5.82 Å². The molecule has 162 valence electrons. The number of carbonyl (C=O) groups is 2. The van der Waals surface area contributed by atoms with Gasteiger partial charge in [0.25, 0.3) is 11.8 Å². The summed E-state index contributed by atoms with van der Waals surface area (Å²) in [6.07, 6.45) is 2.89.